The lowest BCUT2D eigenvalue weighted by Crippen LogP contribution is -2.58. The lowest BCUT2D eigenvalue weighted by molar-refractivity contribution is 0.00326. The zero-order valence-corrected chi connectivity index (χ0v) is 13.8. The normalized spacial score (nSPS) is 31.1. The fourth-order valence-corrected chi connectivity index (χ4v) is 4.25. The number of imidazole rings is 1. The van der Waals surface area contributed by atoms with E-state index in [1.165, 1.54) is 31.5 Å². The van der Waals surface area contributed by atoms with Gasteiger partial charge < -0.3 is 10.3 Å². The summed E-state index contributed by atoms with van der Waals surface area (Å²) in [6.07, 6.45) is 9.12. The van der Waals surface area contributed by atoms with E-state index < -0.39 is 0 Å². The smallest absolute Gasteiger partial charge is 0.122 e. The van der Waals surface area contributed by atoms with Crippen molar-refractivity contribution >= 4 is 0 Å². The molecule has 0 spiro atoms. The molecule has 0 saturated heterocycles. The average molecular weight is 290 g/mol. The molecule has 4 heteroatoms. The van der Waals surface area contributed by atoms with Crippen LogP contribution in [0.3, 0.4) is 0 Å². The Morgan fingerprint density at radius 1 is 1.29 bits per heavy atom. The summed E-state index contributed by atoms with van der Waals surface area (Å²) < 4.78 is 2.28. The van der Waals surface area contributed by atoms with Gasteiger partial charge in [0.15, 0.2) is 0 Å². The predicted octanol–water partition coefficient (Wildman–Crippen LogP) is 2.63. The summed E-state index contributed by atoms with van der Waals surface area (Å²) in [7, 11) is 0. The molecule has 0 radical (unpaired) electrons. The van der Waals surface area contributed by atoms with E-state index in [1.54, 1.807) is 0 Å². The maximum absolute atomic E-state index is 6.25. The number of aromatic nitrogens is 2. The molecule has 1 aromatic heterocycles. The van der Waals surface area contributed by atoms with Crippen LogP contribution in [-0.2, 0) is 13.1 Å². The minimum Gasteiger partial charge on any atom is -0.333 e. The molecule has 1 aliphatic carbocycles. The SMILES string of the molecule is CC(C)(C)C1CCC(CN)(N2CCn3ccnc3C2)CC1. The van der Waals surface area contributed by atoms with Gasteiger partial charge in [-0.1, -0.05) is 20.8 Å². The molecule has 0 amide bonds. The Morgan fingerprint density at radius 3 is 2.62 bits per heavy atom. The Hall–Kier alpha value is -0.870. The van der Waals surface area contributed by atoms with E-state index in [4.69, 9.17) is 5.73 Å². The molecule has 2 aliphatic rings. The topological polar surface area (TPSA) is 47.1 Å². The molecule has 21 heavy (non-hydrogen) atoms. The third kappa shape index (κ3) is 2.76. The van der Waals surface area contributed by atoms with E-state index in [9.17, 15) is 0 Å². The Morgan fingerprint density at radius 2 is 2.00 bits per heavy atom. The highest BCUT2D eigenvalue weighted by molar-refractivity contribution is 5.03. The molecule has 0 aromatic carbocycles. The van der Waals surface area contributed by atoms with Crippen molar-refractivity contribution in [3.8, 4) is 0 Å². The Bertz CT molecular complexity index is 477. The first kappa shape index (κ1) is 15.0. The number of fused-ring (bicyclic) bond motifs is 1. The average Bonchev–Trinajstić information content (AvgIpc) is 2.93. The van der Waals surface area contributed by atoms with Crippen LogP contribution in [0.15, 0.2) is 12.4 Å². The van der Waals surface area contributed by atoms with Gasteiger partial charge in [0.25, 0.3) is 0 Å². The lowest BCUT2D eigenvalue weighted by atomic mass is 9.66. The zero-order valence-electron chi connectivity index (χ0n) is 13.8. The van der Waals surface area contributed by atoms with Crippen LogP contribution >= 0.6 is 0 Å². The zero-order chi connectivity index (χ0) is 15.1. The second-order valence-electron chi connectivity index (χ2n) is 8.03. The lowest BCUT2D eigenvalue weighted by Gasteiger charge is -2.50. The summed E-state index contributed by atoms with van der Waals surface area (Å²) in [6, 6.07) is 0. The van der Waals surface area contributed by atoms with E-state index in [0.717, 1.165) is 32.1 Å². The molecule has 1 aliphatic heterocycles. The molecule has 1 fully saturated rings. The first-order valence-electron chi connectivity index (χ1n) is 8.40. The van der Waals surface area contributed by atoms with Crippen molar-refractivity contribution in [3.05, 3.63) is 18.2 Å². The van der Waals surface area contributed by atoms with Gasteiger partial charge in [0.2, 0.25) is 0 Å². The number of nitrogens with zero attached hydrogens (tertiary/aromatic N) is 3. The van der Waals surface area contributed by atoms with Crippen LogP contribution < -0.4 is 5.73 Å². The Kier molecular flexibility index (Phi) is 3.87. The Labute approximate surface area is 128 Å². The summed E-state index contributed by atoms with van der Waals surface area (Å²) in [6.45, 7) is 11.1. The first-order chi connectivity index (χ1) is 9.94. The number of rotatable bonds is 2. The molecule has 0 atom stereocenters. The fourth-order valence-electron chi connectivity index (χ4n) is 4.25. The summed E-state index contributed by atoms with van der Waals surface area (Å²) in [5.74, 6) is 2.04. The largest absolute Gasteiger partial charge is 0.333 e. The third-order valence-corrected chi connectivity index (χ3v) is 5.94. The van der Waals surface area contributed by atoms with E-state index in [-0.39, 0.29) is 5.54 Å². The summed E-state index contributed by atoms with van der Waals surface area (Å²) in [5, 5.41) is 0. The monoisotopic (exact) mass is 290 g/mol. The molecule has 1 aromatic rings. The highest BCUT2D eigenvalue weighted by atomic mass is 15.3. The van der Waals surface area contributed by atoms with Crippen LogP contribution in [0.5, 0.6) is 0 Å². The van der Waals surface area contributed by atoms with Gasteiger partial charge in [-0.05, 0) is 37.0 Å². The van der Waals surface area contributed by atoms with Crippen LogP contribution in [0.2, 0.25) is 0 Å². The van der Waals surface area contributed by atoms with E-state index >= 15 is 0 Å². The molecule has 1 saturated carbocycles. The number of hydrogen-bond acceptors (Lipinski definition) is 3. The highest BCUT2D eigenvalue weighted by Crippen LogP contribution is 2.44. The molecule has 3 rings (SSSR count). The minimum absolute atomic E-state index is 0.207. The van der Waals surface area contributed by atoms with E-state index in [1.807, 2.05) is 6.20 Å². The third-order valence-electron chi connectivity index (χ3n) is 5.94. The van der Waals surface area contributed by atoms with Crippen molar-refractivity contribution in [1.29, 1.82) is 0 Å². The van der Waals surface area contributed by atoms with Gasteiger partial charge in [0.1, 0.15) is 5.82 Å². The van der Waals surface area contributed by atoms with Gasteiger partial charge in [-0.25, -0.2) is 4.98 Å². The molecule has 0 bridgehead atoms. The fraction of sp³-hybridized carbons (Fsp3) is 0.824. The quantitative estimate of drug-likeness (QED) is 0.911. The van der Waals surface area contributed by atoms with E-state index in [2.05, 4.69) is 41.4 Å². The second kappa shape index (κ2) is 5.40. The standard InChI is InChI=1S/C17H30N4/c1-16(2,3)14-4-6-17(13-18,7-5-14)21-11-10-20-9-8-19-15(20)12-21/h8-9,14H,4-7,10-13,18H2,1-3H3. The van der Waals surface area contributed by atoms with E-state index in [0.29, 0.717) is 5.41 Å². The van der Waals surface area contributed by atoms with Gasteiger partial charge in [-0.2, -0.15) is 0 Å². The summed E-state index contributed by atoms with van der Waals surface area (Å²) >= 11 is 0. The first-order valence-corrected chi connectivity index (χ1v) is 8.40. The van der Waals surface area contributed by atoms with Gasteiger partial charge in [0, 0.05) is 37.6 Å². The van der Waals surface area contributed by atoms with Crippen molar-refractivity contribution in [2.24, 2.45) is 17.1 Å². The number of hydrogen-bond donors (Lipinski definition) is 1. The summed E-state index contributed by atoms with van der Waals surface area (Å²) in [4.78, 5) is 7.12. The van der Waals surface area contributed by atoms with Crippen molar-refractivity contribution in [2.75, 3.05) is 13.1 Å². The van der Waals surface area contributed by atoms with Gasteiger partial charge in [-0.3, -0.25) is 4.90 Å². The highest BCUT2D eigenvalue weighted by Gasteiger charge is 2.42. The maximum Gasteiger partial charge on any atom is 0.122 e. The molecule has 2 N–H and O–H groups in total. The Balaban J connectivity index is 1.72. The molecule has 118 valence electrons. The van der Waals surface area contributed by atoms with Crippen LogP contribution in [0, 0.1) is 11.3 Å². The van der Waals surface area contributed by atoms with Gasteiger partial charge in [-0.15, -0.1) is 0 Å². The van der Waals surface area contributed by atoms with Crippen LogP contribution in [0.1, 0.15) is 52.3 Å². The summed E-state index contributed by atoms with van der Waals surface area (Å²) in [5.41, 5.74) is 6.89. The van der Waals surface area contributed by atoms with Gasteiger partial charge in [0.05, 0.1) is 6.54 Å². The van der Waals surface area contributed by atoms with Crippen LogP contribution in [-0.4, -0.2) is 33.1 Å². The number of nitrogens with two attached hydrogens (primary N) is 1. The molecule has 4 nitrogen and oxygen atoms in total. The minimum atomic E-state index is 0.207. The predicted molar refractivity (Wildman–Crippen MR) is 85.8 cm³/mol. The van der Waals surface area contributed by atoms with Crippen LogP contribution in [0.25, 0.3) is 0 Å². The van der Waals surface area contributed by atoms with Crippen molar-refractivity contribution in [1.82, 2.24) is 14.5 Å². The molecular formula is C17H30N4. The van der Waals surface area contributed by atoms with Gasteiger partial charge >= 0.3 is 0 Å². The second-order valence-corrected chi connectivity index (χ2v) is 8.03. The maximum atomic E-state index is 6.25. The van der Waals surface area contributed by atoms with Crippen LogP contribution in [0.4, 0.5) is 0 Å². The molecular weight excluding hydrogens is 260 g/mol. The molecule has 2 heterocycles. The van der Waals surface area contributed by atoms with Crippen molar-refractivity contribution in [2.45, 2.75) is 65.1 Å². The molecule has 0 unspecified atom stereocenters. The van der Waals surface area contributed by atoms with Crippen molar-refractivity contribution in [3.63, 3.8) is 0 Å². The van der Waals surface area contributed by atoms with Crippen molar-refractivity contribution < 1.29 is 0 Å².